The fraction of sp³-hybridized carbons (Fsp3) is 0.500. The minimum absolute atomic E-state index is 0.0527. The highest BCUT2D eigenvalue weighted by molar-refractivity contribution is 5.79. The van der Waals surface area contributed by atoms with E-state index in [-0.39, 0.29) is 11.7 Å². The van der Waals surface area contributed by atoms with E-state index in [1.54, 1.807) is 13.8 Å². The molecule has 2 atom stereocenters. The Bertz CT molecular complexity index is 356. The van der Waals surface area contributed by atoms with E-state index < -0.39 is 6.10 Å². The molecule has 0 radical (unpaired) electrons. The largest absolute Gasteiger partial charge is 0.393 e. The third-order valence-corrected chi connectivity index (χ3v) is 2.96. The van der Waals surface area contributed by atoms with E-state index in [0.717, 1.165) is 12.0 Å². The number of hydrogen-bond donors (Lipinski definition) is 1. The van der Waals surface area contributed by atoms with Crippen LogP contribution in [0.25, 0.3) is 0 Å². The number of aryl methyl sites for hydroxylation is 1. The molecule has 0 aliphatic heterocycles. The van der Waals surface area contributed by atoms with Crippen molar-refractivity contribution in [2.45, 2.75) is 39.7 Å². The summed E-state index contributed by atoms with van der Waals surface area (Å²) in [5.74, 6) is -0.232. The van der Waals surface area contributed by atoms with Crippen LogP contribution in [0.5, 0.6) is 0 Å². The van der Waals surface area contributed by atoms with Crippen LogP contribution < -0.4 is 0 Å². The molecule has 1 rings (SSSR count). The molecule has 0 unspecified atom stereocenters. The van der Waals surface area contributed by atoms with Crippen LogP contribution in [0.15, 0.2) is 24.3 Å². The molecule has 0 aliphatic carbocycles. The Morgan fingerprint density at radius 1 is 1.38 bits per heavy atom. The van der Waals surface area contributed by atoms with Gasteiger partial charge >= 0.3 is 0 Å². The number of benzene rings is 1. The highest BCUT2D eigenvalue weighted by atomic mass is 16.3. The Labute approximate surface area is 97.3 Å². The third-order valence-electron chi connectivity index (χ3n) is 2.96. The minimum atomic E-state index is -0.581. The average molecular weight is 220 g/mol. The maximum Gasteiger partial charge on any atom is 0.135 e. The molecule has 1 N–H and O–H groups in total. The molecule has 16 heavy (non-hydrogen) atoms. The fourth-order valence-electron chi connectivity index (χ4n) is 1.88. The molecular weight excluding hydrogens is 200 g/mol. The van der Waals surface area contributed by atoms with Crippen LogP contribution in [0.3, 0.4) is 0 Å². The molecule has 0 fully saturated rings. The first-order valence-electron chi connectivity index (χ1n) is 5.81. The maximum absolute atomic E-state index is 11.4. The molecule has 88 valence electrons. The Kier molecular flexibility index (Phi) is 4.69. The zero-order chi connectivity index (χ0) is 12.1. The van der Waals surface area contributed by atoms with E-state index in [1.807, 2.05) is 12.1 Å². The lowest BCUT2D eigenvalue weighted by molar-refractivity contribution is -0.123. The van der Waals surface area contributed by atoms with Crippen LogP contribution >= 0.6 is 0 Å². The molecular formula is C14H20O2. The summed E-state index contributed by atoms with van der Waals surface area (Å²) in [5, 5.41) is 9.55. The second-order valence-electron chi connectivity index (χ2n) is 4.34. The van der Waals surface area contributed by atoms with Crippen LogP contribution in [-0.2, 0) is 17.6 Å². The predicted molar refractivity (Wildman–Crippen MR) is 65.4 cm³/mol. The average Bonchev–Trinajstić information content (AvgIpc) is 2.25. The first-order chi connectivity index (χ1) is 7.54. The number of hydrogen-bond acceptors (Lipinski definition) is 2. The number of aliphatic hydroxyl groups excluding tert-OH is 1. The molecule has 0 aliphatic rings. The molecule has 0 saturated heterocycles. The van der Waals surface area contributed by atoms with Crippen LogP contribution in [-0.4, -0.2) is 17.0 Å². The monoisotopic (exact) mass is 220 g/mol. The highest BCUT2D eigenvalue weighted by Crippen LogP contribution is 2.15. The lowest BCUT2D eigenvalue weighted by Gasteiger charge is -2.17. The fourth-order valence-corrected chi connectivity index (χ4v) is 1.88. The van der Waals surface area contributed by atoms with Crippen LogP contribution in [0.2, 0.25) is 0 Å². The van der Waals surface area contributed by atoms with E-state index in [0.29, 0.717) is 6.42 Å². The van der Waals surface area contributed by atoms with E-state index in [2.05, 4.69) is 19.1 Å². The van der Waals surface area contributed by atoms with Crippen LogP contribution in [0.4, 0.5) is 0 Å². The van der Waals surface area contributed by atoms with Gasteiger partial charge in [0.25, 0.3) is 0 Å². The number of aliphatic hydroxyl groups is 1. The normalized spacial score (nSPS) is 14.5. The van der Waals surface area contributed by atoms with Crippen molar-refractivity contribution in [3.05, 3.63) is 35.4 Å². The van der Waals surface area contributed by atoms with Crippen molar-refractivity contribution < 1.29 is 9.90 Å². The van der Waals surface area contributed by atoms with Gasteiger partial charge in [-0.3, -0.25) is 4.79 Å². The Balaban J connectivity index is 2.81. The van der Waals surface area contributed by atoms with Crippen molar-refractivity contribution in [1.82, 2.24) is 0 Å². The van der Waals surface area contributed by atoms with Crippen molar-refractivity contribution in [1.29, 1.82) is 0 Å². The first kappa shape index (κ1) is 12.9. The van der Waals surface area contributed by atoms with Gasteiger partial charge in [0.2, 0.25) is 0 Å². The number of carbonyl (C=O) groups excluding carboxylic acids is 1. The number of carbonyl (C=O) groups is 1. The van der Waals surface area contributed by atoms with Crippen LogP contribution in [0.1, 0.15) is 31.9 Å². The van der Waals surface area contributed by atoms with Gasteiger partial charge in [-0.15, -0.1) is 0 Å². The van der Waals surface area contributed by atoms with Gasteiger partial charge in [0.1, 0.15) is 5.78 Å². The van der Waals surface area contributed by atoms with Crippen molar-refractivity contribution in [2.24, 2.45) is 5.92 Å². The van der Waals surface area contributed by atoms with Crippen molar-refractivity contribution >= 4 is 5.78 Å². The predicted octanol–water partition coefficient (Wildman–Crippen LogP) is 2.38. The second-order valence-corrected chi connectivity index (χ2v) is 4.34. The number of rotatable bonds is 5. The Morgan fingerprint density at radius 2 is 2.00 bits per heavy atom. The van der Waals surface area contributed by atoms with Crippen molar-refractivity contribution in [2.75, 3.05) is 0 Å². The SMILES string of the molecule is CCc1cccc(C[C@H](C(C)=O)[C@H](C)O)c1. The van der Waals surface area contributed by atoms with Gasteiger partial charge in [0.15, 0.2) is 0 Å². The summed E-state index contributed by atoms with van der Waals surface area (Å²) < 4.78 is 0. The highest BCUT2D eigenvalue weighted by Gasteiger charge is 2.20. The molecule has 0 bridgehead atoms. The summed E-state index contributed by atoms with van der Waals surface area (Å²) in [5.41, 5.74) is 2.39. The molecule has 2 nitrogen and oxygen atoms in total. The molecule has 0 heterocycles. The summed E-state index contributed by atoms with van der Waals surface area (Å²) in [6.07, 6.45) is 1.04. The van der Waals surface area contributed by atoms with Gasteiger partial charge in [-0.2, -0.15) is 0 Å². The number of ketones is 1. The quantitative estimate of drug-likeness (QED) is 0.827. The molecule has 1 aromatic rings. The molecule has 2 heteroatoms. The first-order valence-corrected chi connectivity index (χ1v) is 5.81. The van der Waals surface area contributed by atoms with Crippen molar-refractivity contribution in [3.8, 4) is 0 Å². The maximum atomic E-state index is 11.4. The molecule has 0 spiro atoms. The molecule has 0 saturated carbocycles. The Hall–Kier alpha value is -1.15. The molecule has 1 aromatic carbocycles. The lowest BCUT2D eigenvalue weighted by atomic mass is 9.91. The molecule has 0 aromatic heterocycles. The standard InChI is InChI=1S/C14H20O2/c1-4-12-6-5-7-13(8-12)9-14(10(2)15)11(3)16/h5-8,10,14-15H,4,9H2,1-3H3/t10-,14-/m0/s1. The summed E-state index contributed by atoms with van der Waals surface area (Å²) in [6.45, 7) is 5.33. The zero-order valence-corrected chi connectivity index (χ0v) is 10.2. The summed E-state index contributed by atoms with van der Waals surface area (Å²) >= 11 is 0. The summed E-state index contributed by atoms with van der Waals surface area (Å²) in [4.78, 5) is 11.4. The van der Waals surface area contributed by atoms with E-state index in [1.165, 1.54) is 5.56 Å². The zero-order valence-electron chi connectivity index (χ0n) is 10.2. The Morgan fingerprint density at radius 3 is 2.50 bits per heavy atom. The topological polar surface area (TPSA) is 37.3 Å². The van der Waals surface area contributed by atoms with Gasteiger partial charge in [-0.25, -0.2) is 0 Å². The number of Topliss-reactive ketones (excluding diaryl/α,β-unsaturated/α-hetero) is 1. The van der Waals surface area contributed by atoms with Gasteiger partial charge in [-0.05, 0) is 37.8 Å². The van der Waals surface area contributed by atoms with Gasteiger partial charge in [0.05, 0.1) is 6.10 Å². The molecule has 0 amide bonds. The third kappa shape index (κ3) is 3.46. The second kappa shape index (κ2) is 5.80. The minimum Gasteiger partial charge on any atom is -0.393 e. The van der Waals surface area contributed by atoms with E-state index in [9.17, 15) is 9.90 Å². The van der Waals surface area contributed by atoms with Crippen LogP contribution in [0, 0.1) is 5.92 Å². The van der Waals surface area contributed by atoms with Crippen molar-refractivity contribution in [3.63, 3.8) is 0 Å². The smallest absolute Gasteiger partial charge is 0.135 e. The van der Waals surface area contributed by atoms with E-state index in [4.69, 9.17) is 0 Å². The van der Waals surface area contributed by atoms with Gasteiger partial charge in [-0.1, -0.05) is 31.2 Å². The lowest BCUT2D eigenvalue weighted by Crippen LogP contribution is -2.26. The van der Waals surface area contributed by atoms with E-state index >= 15 is 0 Å². The van der Waals surface area contributed by atoms with Gasteiger partial charge < -0.3 is 5.11 Å². The van der Waals surface area contributed by atoms with Gasteiger partial charge in [0, 0.05) is 5.92 Å². The summed E-state index contributed by atoms with van der Waals surface area (Å²) in [6, 6.07) is 8.21. The summed E-state index contributed by atoms with van der Waals surface area (Å²) in [7, 11) is 0.